The van der Waals surface area contributed by atoms with Gasteiger partial charge in [-0.3, -0.25) is 4.79 Å². The summed E-state index contributed by atoms with van der Waals surface area (Å²) in [7, 11) is 1.51. The van der Waals surface area contributed by atoms with Gasteiger partial charge >= 0.3 is 0 Å². The molecule has 2 aromatic carbocycles. The van der Waals surface area contributed by atoms with E-state index in [4.69, 9.17) is 9.47 Å². The second-order valence-electron chi connectivity index (χ2n) is 5.31. The third-order valence-corrected chi connectivity index (χ3v) is 3.16. The van der Waals surface area contributed by atoms with Crippen molar-refractivity contribution in [1.82, 2.24) is 5.32 Å². The Kier molecular flexibility index (Phi) is 5.57. The van der Waals surface area contributed by atoms with Crippen LogP contribution in [0.1, 0.15) is 29.8 Å². The smallest absolute Gasteiger partial charge is 0.255 e. The summed E-state index contributed by atoms with van der Waals surface area (Å²) in [5, 5.41) is 2.75. The Labute approximate surface area is 135 Å². The van der Waals surface area contributed by atoms with Crippen LogP contribution in [-0.2, 0) is 6.54 Å². The first-order valence-corrected chi connectivity index (χ1v) is 7.37. The fourth-order valence-electron chi connectivity index (χ4n) is 2.11. The average molecular weight is 317 g/mol. The molecule has 122 valence electrons. The molecular weight excluding hydrogens is 297 g/mol. The number of ether oxygens (including phenoxy) is 2. The topological polar surface area (TPSA) is 47.6 Å². The highest BCUT2D eigenvalue weighted by Crippen LogP contribution is 2.20. The Morgan fingerprint density at radius 3 is 2.57 bits per heavy atom. The van der Waals surface area contributed by atoms with Crippen molar-refractivity contribution in [1.29, 1.82) is 0 Å². The number of hydrogen-bond acceptors (Lipinski definition) is 3. The predicted molar refractivity (Wildman–Crippen MR) is 86.3 cm³/mol. The molecule has 0 spiro atoms. The number of benzene rings is 2. The van der Waals surface area contributed by atoms with Crippen LogP contribution in [-0.4, -0.2) is 19.1 Å². The predicted octanol–water partition coefficient (Wildman–Crippen LogP) is 3.55. The van der Waals surface area contributed by atoms with E-state index >= 15 is 0 Å². The van der Waals surface area contributed by atoms with Crippen LogP contribution in [0.2, 0.25) is 0 Å². The second kappa shape index (κ2) is 7.63. The lowest BCUT2D eigenvalue weighted by Gasteiger charge is -2.12. The van der Waals surface area contributed by atoms with Crippen LogP contribution in [0.4, 0.5) is 4.39 Å². The number of nitrogens with one attached hydrogen (secondary N) is 1. The van der Waals surface area contributed by atoms with Crippen molar-refractivity contribution in [3.63, 3.8) is 0 Å². The monoisotopic (exact) mass is 317 g/mol. The molecule has 4 nitrogen and oxygen atoms in total. The summed E-state index contributed by atoms with van der Waals surface area (Å²) >= 11 is 0. The maximum absolute atomic E-state index is 13.9. The van der Waals surface area contributed by atoms with Crippen LogP contribution >= 0.6 is 0 Å². The highest BCUT2D eigenvalue weighted by atomic mass is 19.1. The van der Waals surface area contributed by atoms with Gasteiger partial charge in [0.25, 0.3) is 5.91 Å². The maximum atomic E-state index is 13.9. The van der Waals surface area contributed by atoms with Gasteiger partial charge in [-0.05, 0) is 43.7 Å². The van der Waals surface area contributed by atoms with Gasteiger partial charge in [-0.25, -0.2) is 4.39 Å². The quantitative estimate of drug-likeness (QED) is 0.886. The van der Waals surface area contributed by atoms with Gasteiger partial charge in [0, 0.05) is 6.54 Å². The van der Waals surface area contributed by atoms with Gasteiger partial charge in [0.05, 0.1) is 18.8 Å². The van der Waals surface area contributed by atoms with E-state index in [2.05, 4.69) is 5.32 Å². The SMILES string of the molecule is COc1ccccc1C(=O)NCc1ccc(OC(C)C)c(F)c1. The van der Waals surface area contributed by atoms with Crippen LogP contribution in [0, 0.1) is 5.82 Å². The summed E-state index contributed by atoms with van der Waals surface area (Å²) in [5.74, 6) is -0.00947. The molecule has 0 bridgehead atoms. The van der Waals surface area contributed by atoms with Crippen molar-refractivity contribution in [3.8, 4) is 11.5 Å². The van der Waals surface area contributed by atoms with Crippen molar-refractivity contribution >= 4 is 5.91 Å². The lowest BCUT2D eigenvalue weighted by atomic mass is 10.1. The third-order valence-electron chi connectivity index (χ3n) is 3.16. The minimum Gasteiger partial charge on any atom is -0.496 e. The number of carbonyl (C=O) groups is 1. The van der Waals surface area contributed by atoms with Gasteiger partial charge in [-0.2, -0.15) is 0 Å². The fraction of sp³-hybridized carbons (Fsp3) is 0.278. The van der Waals surface area contributed by atoms with Crippen molar-refractivity contribution < 1.29 is 18.7 Å². The molecule has 23 heavy (non-hydrogen) atoms. The van der Waals surface area contributed by atoms with E-state index in [0.717, 1.165) is 0 Å². The number of carbonyl (C=O) groups excluding carboxylic acids is 1. The van der Waals surface area contributed by atoms with E-state index in [-0.39, 0.29) is 24.3 Å². The lowest BCUT2D eigenvalue weighted by molar-refractivity contribution is 0.0948. The molecule has 0 aromatic heterocycles. The molecule has 0 aliphatic carbocycles. The van der Waals surface area contributed by atoms with Crippen molar-refractivity contribution in [3.05, 3.63) is 59.4 Å². The average Bonchev–Trinajstić information content (AvgIpc) is 2.54. The molecule has 0 fully saturated rings. The summed E-state index contributed by atoms with van der Waals surface area (Å²) in [6, 6.07) is 11.6. The largest absolute Gasteiger partial charge is 0.496 e. The number of hydrogen-bond donors (Lipinski definition) is 1. The minimum atomic E-state index is -0.442. The molecule has 0 atom stereocenters. The zero-order valence-electron chi connectivity index (χ0n) is 13.4. The van der Waals surface area contributed by atoms with Gasteiger partial charge in [-0.1, -0.05) is 18.2 Å². The molecule has 0 saturated heterocycles. The zero-order valence-corrected chi connectivity index (χ0v) is 13.4. The first-order chi connectivity index (χ1) is 11.0. The summed E-state index contributed by atoms with van der Waals surface area (Å²) in [6.45, 7) is 3.89. The van der Waals surface area contributed by atoms with Crippen LogP contribution in [0.3, 0.4) is 0 Å². The molecule has 0 aliphatic rings. The molecular formula is C18H20FNO3. The molecule has 0 radical (unpaired) electrons. The summed E-state index contributed by atoms with van der Waals surface area (Å²) in [4.78, 5) is 12.2. The Balaban J connectivity index is 2.03. The van der Waals surface area contributed by atoms with Crippen molar-refractivity contribution in [2.45, 2.75) is 26.5 Å². The number of halogens is 1. The van der Waals surface area contributed by atoms with Gasteiger partial charge in [0.15, 0.2) is 11.6 Å². The van der Waals surface area contributed by atoms with E-state index in [0.29, 0.717) is 16.9 Å². The first kappa shape index (κ1) is 16.8. The lowest BCUT2D eigenvalue weighted by Crippen LogP contribution is -2.23. The molecule has 5 heteroatoms. The molecule has 0 saturated carbocycles. The number of methoxy groups -OCH3 is 1. The Morgan fingerprint density at radius 1 is 1.17 bits per heavy atom. The van der Waals surface area contributed by atoms with Gasteiger partial charge < -0.3 is 14.8 Å². The molecule has 2 aromatic rings. The second-order valence-corrected chi connectivity index (χ2v) is 5.31. The fourth-order valence-corrected chi connectivity index (χ4v) is 2.11. The molecule has 2 rings (SSSR count). The summed E-state index contributed by atoms with van der Waals surface area (Å²) in [6.07, 6.45) is -0.0967. The van der Waals surface area contributed by atoms with E-state index < -0.39 is 5.82 Å². The maximum Gasteiger partial charge on any atom is 0.255 e. The van der Waals surface area contributed by atoms with Gasteiger partial charge in [0.1, 0.15) is 5.75 Å². The van der Waals surface area contributed by atoms with Crippen LogP contribution in [0.15, 0.2) is 42.5 Å². The standard InChI is InChI=1S/C18H20FNO3/c1-12(2)23-17-9-8-13(10-15(17)19)11-20-18(21)14-6-4-5-7-16(14)22-3/h4-10,12H,11H2,1-3H3,(H,20,21). The molecule has 1 amide bonds. The first-order valence-electron chi connectivity index (χ1n) is 7.37. The van der Waals surface area contributed by atoms with Gasteiger partial charge in [-0.15, -0.1) is 0 Å². The number of amides is 1. The Morgan fingerprint density at radius 2 is 1.91 bits per heavy atom. The van der Waals surface area contributed by atoms with E-state index in [9.17, 15) is 9.18 Å². The molecule has 1 N–H and O–H groups in total. The van der Waals surface area contributed by atoms with Crippen LogP contribution < -0.4 is 14.8 Å². The normalized spacial score (nSPS) is 10.5. The zero-order chi connectivity index (χ0) is 16.8. The van der Waals surface area contributed by atoms with Crippen LogP contribution in [0.5, 0.6) is 11.5 Å². The van der Waals surface area contributed by atoms with Crippen LogP contribution in [0.25, 0.3) is 0 Å². The van der Waals surface area contributed by atoms with E-state index in [1.165, 1.54) is 13.2 Å². The Bertz CT molecular complexity index is 686. The molecule has 0 unspecified atom stereocenters. The number of rotatable bonds is 6. The van der Waals surface area contributed by atoms with E-state index in [1.54, 1.807) is 36.4 Å². The summed E-state index contributed by atoms with van der Waals surface area (Å²) in [5.41, 5.74) is 1.09. The molecule has 0 heterocycles. The number of para-hydroxylation sites is 1. The molecule has 0 aliphatic heterocycles. The highest BCUT2D eigenvalue weighted by molar-refractivity contribution is 5.96. The van der Waals surface area contributed by atoms with Gasteiger partial charge in [0.2, 0.25) is 0 Å². The highest BCUT2D eigenvalue weighted by Gasteiger charge is 2.12. The van der Waals surface area contributed by atoms with Crippen molar-refractivity contribution in [2.24, 2.45) is 0 Å². The Hall–Kier alpha value is -2.56. The third kappa shape index (κ3) is 4.45. The summed E-state index contributed by atoms with van der Waals surface area (Å²) < 4.78 is 24.4. The minimum absolute atomic E-state index is 0.0967. The van der Waals surface area contributed by atoms with E-state index in [1.807, 2.05) is 13.8 Å². The van der Waals surface area contributed by atoms with Crippen molar-refractivity contribution in [2.75, 3.05) is 7.11 Å².